The van der Waals surface area contributed by atoms with Gasteiger partial charge in [0.1, 0.15) is 18.1 Å². The number of ether oxygens (including phenoxy) is 1. The van der Waals surface area contributed by atoms with Crippen LogP contribution in [0.1, 0.15) is 18.1 Å². The number of aryl methyl sites for hydroxylation is 1. The van der Waals surface area contributed by atoms with E-state index in [0.29, 0.717) is 12.4 Å². The number of halogens is 1. The molecule has 0 bridgehead atoms. The monoisotopic (exact) mass is 469 g/mol. The van der Waals surface area contributed by atoms with Crippen molar-refractivity contribution < 1.29 is 22.3 Å². The van der Waals surface area contributed by atoms with E-state index in [4.69, 9.17) is 4.74 Å². The Morgan fingerprint density at radius 3 is 2.36 bits per heavy atom. The fraction of sp³-hybridized carbons (Fsp3) is 0.167. The summed E-state index contributed by atoms with van der Waals surface area (Å²) in [5.74, 6) is -0.603. The molecule has 0 aliphatic rings. The van der Waals surface area contributed by atoms with Crippen LogP contribution in [0.5, 0.6) is 5.75 Å². The molecule has 0 spiro atoms. The number of hydrogen-bond donors (Lipinski definition) is 1. The molecule has 0 unspecified atom stereocenters. The number of amides is 1. The van der Waals surface area contributed by atoms with Crippen molar-refractivity contribution in [3.63, 3.8) is 0 Å². The molecular weight excluding hydrogens is 445 g/mol. The number of hydrazone groups is 1. The Morgan fingerprint density at radius 1 is 1.06 bits per heavy atom. The second kappa shape index (κ2) is 10.7. The molecule has 7 nitrogen and oxygen atoms in total. The van der Waals surface area contributed by atoms with Crippen LogP contribution in [0.2, 0.25) is 0 Å². The molecule has 172 valence electrons. The minimum absolute atomic E-state index is 0.0460. The summed E-state index contributed by atoms with van der Waals surface area (Å²) in [4.78, 5) is 12.6. The molecule has 3 rings (SSSR count). The molecule has 3 aromatic carbocycles. The highest BCUT2D eigenvalue weighted by atomic mass is 32.2. The molecular formula is C24H24FN3O4S. The molecule has 1 N–H and O–H groups in total. The van der Waals surface area contributed by atoms with Gasteiger partial charge in [-0.3, -0.25) is 9.10 Å². The van der Waals surface area contributed by atoms with E-state index < -0.39 is 28.3 Å². The highest BCUT2D eigenvalue weighted by molar-refractivity contribution is 7.92. The molecule has 1 amide bonds. The minimum atomic E-state index is -4.06. The van der Waals surface area contributed by atoms with Gasteiger partial charge < -0.3 is 4.74 Å². The number of hydrogen-bond acceptors (Lipinski definition) is 5. The Balaban J connectivity index is 1.85. The normalized spacial score (nSPS) is 11.4. The number of nitrogens with one attached hydrogen (secondary N) is 1. The van der Waals surface area contributed by atoms with Gasteiger partial charge in [-0.05, 0) is 56.3 Å². The lowest BCUT2D eigenvalue weighted by Gasteiger charge is -2.24. The zero-order valence-electron chi connectivity index (χ0n) is 18.2. The molecule has 0 saturated heterocycles. The second-order valence-electron chi connectivity index (χ2n) is 7.07. The number of carbonyl (C=O) groups is 1. The molecule has 0 saturated carbocycles. The lowest BCUT2D eigenvalue weighted by atomic mass is 10.2. The Bertz CT molecular complexity index is 1230. The number of nitrogens with zero attached hydrogens (tertiary/aromatic N) is 2. The van der Waals surface area contributed by atoms with Crippen LogP contribution < -0.4 is 14.5 Å². The van der Waals surface area contributed by atoms with Gasteiger partial charge in [-0.15, -0.1) is 0 Å². The quantitative estimate of drug-likeness (QED) is 0.381. The van der Waals surface area contributed by atoms with Gasteiger partial charge in [-0.1, -0.05) is 35.9 Å². The third-order valence-electron chi connectivity index (χ3n) is 4.63. The predicted octanol–water partition coefficient (Wildman–Crippen LogP) is 3.88. The minimum Gasteiger partial charge on any atom is -0.494 e. The first-order valence-electron chi connectivity index (χ1n) is 10.2. The zero-order valence-corrected chi connectivity index (χ0v) is 19.0. The SMILES string of the molecule is CCOc1ccc(N(CC(=O)N/N=C\c2ccccc2F)S(=O)(=O)c2ccc(C)cc2)cc1. The van der Waals surface area contributed by atoms with E-state index in [1.165, 1.54) is 30.3 Å². The van der Waals surface area contributed by atoms with E-state index in [1.54, 1.807) is 42.5 Å². The number of rotatable bonds is 9. The Labute approximate surface area is 192 Å². The van der Waals surface area contributed by atoms with Crippen LogP contribution in [0.4, 0.5) is 10.1 Å². The highest BCUT2D eigenvalue weighted by Crippen LogP contribution is 2.26. The van der Waals surface area contributed by atoms with Crippen LogP contribution in [0.15, 0.2) is 82.8 Å². The van der Waals surface area contributed by atoms with Crippen LogP contribution in [0.3, 0.4) is 0 Å². The first-order chi connectivity index (χ1) is 15.8. The summed E-state index contributed by atoms with van der Waals surface area (Å²) < 4.78 is 46.8. The maximum absolute atomic E-state index is 13.7. The smallest absolute Gasteiger partial charge is 0.264 e. The van der Waals surface area contributed by atoms with Crippen LogP contribution in [-0.2, 0) is 14.8 Å². The maximum Gasteiger partial charge on any atom is 0.264 e. The summed E-state index contributed by atoms with van der Waals surface area (Å²) in [6, 6.07) is 18.7. The van der Waals surface area contributed by atoms with E-state index in [-0.39, 0.29) is 16.1 Å². The van der Waals surface area contributed by atoms with Gasteiger partial charge in [-0.25, -0.2) is 18.2 Å². The van der Waals surface area contributed by atoms with Crippen LogP contribution >= 0.6 is 0 Å². The first kappa shape index (κ1) is 23.9. The summed E-state index contributed by atoms with van der Waals surface area (Å²) in [5, 5.41) is 3.75. The molecule has 3 aromatic rings. The Kier molecular flexibility index (Phi) is 7.78. The Morgan fingerprint density at radius 2 is 1.73 bits per heavy atom. The molecule has 0 radical (unpaired) electrons. The van der Waals surface area contributed by atoms with Crippen LogP contribution in [0.25, 0.3) is 0 Å². The van der Waals surface area contributed by atoms with Gasteiger partial charge in [0.15, 0.2) is 0 Å². The third-order valence-corrected chi connectivity index (χ3v) is 6.42. The van der Waals surface area contributed by atoms with Gasteiger partial charge in [0.2, 0.25) is 0 Å². The summed E-state index contributed by atoms with van der Waals surface area (Å²) in [5.41, 5.74) is 3.63. The fourth-order valence-electron chi connectivity index (χ4n) is 2.95. The maximum atomic E-state index is 13.7. The first-order valence-corrected chi connectivity index (χ1v) is 11.6. The van der Waals surface area contributed by atoms with Gasteiger partial charge in [0.25, 0.3) is 15.9 Å². The standard InChI is InChI=1S/C24H24FN3O4S/c1-3-32-21-12-10-20(11-13-21)28(33(30,31)22-14-8-18(2)9-15-22)17-24(29)27-26-16-19-6-4-5-7-23(19)25/h4-16H,3,17H2,1-2H3,(H,27,29)/b26-16-. The van der Waals surface area contributed by atoms with E-state index in [2.05, 4.69) is 10.5 Å². The van der Waals surface area contributed by atoms with Gasteiger partial charge in [0.05, 0.1) is 23.4 Å². The molecule has 33 heavy (non-hydrogen) atoms. The number of sulfonamides is 1. The molecule has 0 fully saturated rings. The Hall–Kier alpha value is -3.72. The summed E-state index contributed by atoms with van der Waals surface area (Å²) in [6.07, 6.45) is 1.16. The van der Waals surface area contributed by atoms with Crippen molar-refractivity contribution >= 4 is 27.8 Å². The lowest BCUT2D eigenvalue weighted by molar-refractivity contribution is -0.119. The fourth-order valence-corrected chi connectivity index (χ4v) is 4.37. The number of anilines is 1. The van der Waals surface area contributed by atoms with E-state index in [9.17, 15) is 17.6 Å². The van der Waals surface area contributed by atoms with Gasteiger partial charge >= 0.3 is 0 Å². The van der Waals surface area contributed by atoms with E-state index in [0.717, 1.165) is 16.1 Å². The number of benzene rings is 3. The van der Waals surface area contributed by atoms with Crippen molar-refractivity contribution in [3.8, 4) is 5.75 Å². The number of carbonyl (C=O) groups excluding carboxylic acids is 1. The molecule has 0 heterocycles. The molecule has 0 aliphatic heterocycles. The second-order valence-corrected chi connectivity index (χ2v) is 8.93. The molecule has 0 aliphatic carbocycles. The van der Waals surface area contributed by atoms with Crippen LogP contribution in [-0.4, -0.2) is 33.7 Å². The van der Waals surface area contributed by atoms with Crippen molar-refractivity contribution in [3.05, 3.63) is 89.7 Å². The predicted molar refractivity (Wildman–Crippen MR) is 125 cm³/mol. The molecule has 9 heteroatoms. The van der Waals surface area contributed by atoms with Crippen molar-refractivity contribution in [1.29, 1.82) is 0 Å². The average molecular weight is 470 g/mol. The largest absolute Gasteiger partial charge is 0.494 e. The molecule has 0 aromatic heterocycles. The van der Waals surface area contributed by atoms with E-state index in [1.807, 2.05) is 13.8 Å². The van der Waals surface area contributed by atoms with Gasteiger partial charge in [0, 0.05) is 5.56 Å². The zero-order chi connectivity index (χ0) is 23.8. The third kappa shape index (κ3) is 6.17. The molecule has 0 atom stereocenters. The lowest BCUT2D eigenvalue weighted by Crippen LogP contribution is -2.39. The summed E-state index contributed by atoms with van der Waals surface area (Å²) >= 11 is 0. The summed E-state index contributed by atoms with van der Waals surface area (Å²) in [6.45, 7) is 3.63. The van der Waals surface area contributed by atoms with Crippen molar-refractivity contribution in [1.82, 2.24) is 5.43 Å². The van der Waals surface area contributed by atoms with Gasteiger partial charge in [-0.2, -0.15) is 5.10 Å². The van der Waals surface area contributed by atoms with Crippen molar-refractivity contribution in [2.24, 2.45) is 5.10 Å². The average Bonchev–Trinajstić information content (AvgIpc) is 2.80. The van der Waals surface area contributed by atoms with Crippen molar-refractivity contribution in [2.45, 2.75) is 18.7 Å². The van der Waals surface area contributed by atoms with Crippen molar-refractivity contribution in [2.75, 3.05) is 17.5 Å². The highest BCUT2D eigenvalue weighted by Gasteiger charge is 2.27. The topological polar surface area (TPSA) is 88.1 Å². The summed E-state index contributed by atoms with van der Waals surface area (Å²) in [7, 11) is -4.06. The van der Waals surface area contributed by atoms with E-state index >= 15 is 0 Å². The van der Waals surface area contributed by atoms with Crippen LogP contribution in [0, 0.1) is 12.7 Å².